The fraction of sp³-hybridized carbons (Fsp3) is 0.414. The van der Waals surface area contributed by atoms with Gasteiger partial charge in [0.25, 0.3) is 0 Å². The van der Waals surface area contributed by atoms with Crippen LogP contribution in [0.3, 0.4) is 0 Å². The molecule has 1 fully saturated rings. The number of carbonyl (C=O) groups is 2. The smallest absolute Gasteiger partial charge is 0.497 e. The first kappa shape index (κ1) is 27.8. The average molecular weight is 566 g/mol. The number of benzene rings is 2. The molecule has 3 heterocycles. The van der Waals surface area contributed by atoms with Crippen LogP contribution in [0.5, 0.6) is 5.75 Å². The van der Waals surface area contributed by atoms with Crippen molar-refractivity contribution in [1.82, 2.24) is 20.1 Å². The van der Waals surface area contributed by atoms with E-state index >= 15 is 0 Å². The minimum absolute atomic E-state index is 0.0383. The molecule has 5 rings (SSSR count). The maximum atomic E-state index is 13.2. The second-order valence-electron chi connectivity index (χ2n) is 11.4. The van der Waals surface area contributed by atoms with Gasteiger partial charge in [-0.1, -0.05) is 23.7 Å². The number of aryl methyl sites for hydroxylation is 1. The molecule has 2 aromatic carbocycles. The van der Waals surface area contributed by atoms with Crippen molar-refractivity contribution in [2.75, 3.05) is 27.2 Å². The highest BCUT2D eigenvalue weighted by atomic mass is 35.5. The van der Waals surface area contributed by atoms with Crippen molar-refractivity contribution in [1.29, 1.82) is 0 Å². The summed E-state index contributed by atoms with van der Waals surface area (Å²) in [5.41, 5.74) is 2.66. The molecular weight excluding hydrogens is 532 g/mol. The molecule has 10 nitrogen and oxygen atoms in total. The molecule has 1 N–H and O–H groups in total. The topological polar surface area (TPSA) is 108 Å². The number of rotatable bonds is 6. The Balaban J connectivity index is 1.42. The Kier molecular flexibility index (Phi) is 7.18. The minimum Gasteiger partial charge on any atom is -0.497 e. The van der Waals surface area contributed by atoms with Gasteiger partial charge < -0.3 is 14.8 Å². The molecule has 0 aliphatic carbocycles. The fourth-order valence-corrected chi connectivity index (χ4v) is 5.03. The predicted octanol–water partition coefficient (Wildman–Crippen LogP) is 4.40. The molecule has 2 aliphatic heterocycles. The average Bonchev–Trinajstić information content (AvgIpc) is 3.47. The largest absolute Gasteiger partial charge is 0.516 e. The highest BCUT2D eigenvalue weighted by molar-refractivity contribution is 6.30. The molecule has 2 amide bonds. The Morgan fingerprint density at radius 1 is 1.15 bits per heavy atom. The fourth-order valence-electron chi connectivity index (χ4n) is 4.90. The summed E-state index contributed by atoms with van der Waals surface area (Å²) in [5.74, 6) is 1.74. The number of hydrogen-bond acceptors (Lipinski definition) is 7. The molecular formula is C29H34ClN6O4+. The van der Waals surface area contributed by atoms with E-state index in [0.717, 1.165) is 16.8 Å². The van der Waals surface area contributed by atoms with E-state index in [0.29, 0.717) is 41.2 Å². The lowest BCUT2D eigenvalue weighted by Crippen LogP contribution is -2.40. The molecule has 0 bridgehead atoms. The third-order valence-corrected chi connectivity index (χ3v) is 7.49. The Labute approximate surface area is 238 Å². The molecule has 11 heteroatoms. The summed E-state index contributed by atoms with van der Waals surface area (Å²) in [6.45, 7) is 8.38. The Bertz CT molecular complexity index is 1490. The van der Waals surface area contributed by atoms with Gasteiger partial charge in [-0.2, -0.15) is 4.79 Å². The predicted molar refractivity (Wildman–Crippen MR) is 151 cm³/mol. The molecule has 0 spiro atoms. The molecule has 1 aromatic heterocycles. The number of carbonyl (C=O) groups excluding carboxylic acids is 2. The summed E-state index contributed by atoms with van der Waals surface area (Å²) in [4.78, 5) is 30.9. The maximum Gasteiger partial charge on any atom is 0.516 e. The lowest BCUT2D eigenvalue weighted by molar-refractivity contribution is -0.714. The number of nitrogens with zero attached hydrogens (tertiary/aromatic N) is 5. The number of hydrogen-bond donors (Lipinski definition) is 1. The van der Waals surface area contributed by atoms with Crippen LogP contribution < -0.4 is 10.1 Å². The van der Waals surface area contributed by atoms with Crippen LogP contribution in [0.2, 0.25) is 5.02 Å². The molecule has 3 atom stereocenters. The van der Waals surface area contributed by atoms with Crippen LogP contribution in [0.15, 0.2) is 47.5 Å². The van der Waals surface area contributed by atoms with Crippen molar-refractivity contribution in [2.45, 2.75) is 51.8 Å². The number of amides is 2. The zero-order chi connectivity index (χ0) is 28.8. The number of nitrogens with one attached hydrogen (secondary N) is 1. The van der Waals surface area contributed by atoms with Gasteiger partial charge in [0.05, 0.1) is 38.5 Å². The van der Waals surface area contributed by atoms with Gasteiger partial charge in [0.1, 0.15) is 29.8 Å². The zero-order valence-electron chi connectivity index (χ0n) is 23.6. The van der Waals surface area contributed by atoms with E-state index in [1.807, 2.05) is 81.8 Å². The lowest BCUT2D eigenvalue weighted by atomic mass is 10.00. The molecule has 0 saturated carbocycles. The van der Waals surface area contributed by atoms with Crippen molar-refractivity contribution >= 4 is 29.3 Å². The van der Waals surface area contributed by atoms with Gasteiger partial charge >= 0.3 is 6.09 Å². The molecule has 0 radical (unpaired) electrons. The summed E-state index contributed by atoms with van der Waals surface area (Å²) < 4.78 is 13.2. The third kappa shape index (κ3) is 5.46. The monoisotopic (exact) mass is 565 g/mol. The number of halogens is 1. The van der Waals surface area contributed by atoms with E-state index in [-0.39, 0.29) is 28.9 Å². The number of ether oxygens (including phenoxy) is 2. The second-order valence-corrected chi connectivity index (χ2v) is 11.9. The van der Waals surface area contributed by atoms with Crippen LogP contribution in [-0.4, -0.2) is 75.8 Å². The van der Waals surface area contributed by atoms with Gasteiger partial charge in [-0.15, -0.1) is 10.2 Å². The lowest BCUT2D eigenvalue weighted by Gasteiger charge is -2.21. The number of aromatic nitrogens is 3. The van der Waals surface area contributed by atoms with Gasteiger partial charge in [0, 0.05) is 16.1 Å². The molecule has 210 valence electrons. The number of likely N-dealkylation sites (N-methyl/N-ethyl adjacent to an activating group) is 1. The van der Waals surface area contributed by atoms with Gasteiger partial charge in [-0.25, -0.2) is 4.48 Å². The highest BCUT2D eigenvalue weighted by Gasteiger charge is 2.59. The van der Waals surface area contributed by atoms with Crippen LogP contribution in [0, 0.1) is 6.92 Å². The van der Waals surface area contributed by atoms with Crippen LogP contribution in [0.1, 0.15) is 56.0 Å². The highest BCUT2D eigenvalue weighted by Crippen LogP contribution is 2.35. The van der Waals surface area contributed by atoms with Crippen LogP contribution in [-0.2, 0) is 9.53 Å². The standard InChI is InChI=1S/C29H33ClN6O4/c1-17-33-34-27-23(14-25(37)31-15-20-16-36(20,5)28(38)40-29(2,3)4)32-26(18-7-9-19(30)10-8-18)22-13-21(39-6)11-12-24(22)35(17)27/h7-13,20,23H,14-16H2,1-6H3/p+1. The Morgan fingerprint density at radius 3 is 2.55 bits per heavy atom. The van der Waals surface area contributed by atoms with Gasteiger partial charge in [-0.05, 0) is 58.0 Å². The van der Waals surface area contributed by atoms with E-state index in [9.17, 15) is 9.59 Å². The van der Waals surface area contributed by atoms with Crippen molar-refractivity contribution < 1.29 is 23.5 Å². The van der Waals surface area contributed by atoms with Crippen LogP contribution in [0.25, 0.3) is 5.69 Å². The first-order chi connectivity index (χ1) is 18.9. The SMILES string of the molecule is COc1ccc2c(c1)C(c1ccc(Cl)cc1)=NC(CC(=O)NCC1C[N+]1(C)C(=O)OC(C)(C)C)c1nnc(C)n1-2. The first-order valence-electron chi connectivity index (χ1n) is 13.2. The van der Waals surface area contributed by atoms with Crippen molar-refractivity contribution in [2.24, 2.45) is 4.99 Å². The van der Waals surface area contributed by atoms with Crippen molar-refractivity contribution in [3.05, 3.63) is 70.3 Å². The van der Waals surface area contributed by atoms with E-state index in [1.165, 1.54) is 0 Å². The summed E-state index contributed by atoms with van der Waals surface area (Å²) in [6.07, 6.45) is -0.229. The Hall–Kier alpha value is -3.76. The van der Waals surface area contributed by atoms with Crippen LogP contribution in [0.4, 0.5) is 4.79 Å². The third-order valence-electron chi connectivity index (χ3n) is 7.24. The van der Waals surface area contributed by atoms with E-state index in [1.54, 1.807) is 7.11 Å². The molecule has 3 unspecified atom stereocenters. The zero-order valence-corrected chi connectivity index (χ0v) is 24.3. The minimum atomic E-state index is -0.601. The Morgan fingerprint density at radius 2 is 1.88 bits per heavy atom. The normalized spacial score (nSPS) is 21.4. The van der Waals surface area contributed by atoms with Gasteiger partial charge in [0.15, 0.2) is 11.9 Å². The molecule has 2 aliphatic rings. The van der Waals surface area contributed by atoms with Gasteiger partial charge in [0.2, 0.25) is 5.91 Å². The van der Waals surface area contributed by atoms with E-state index in [2.05, 4.69) is 15.5 Å². The number of aliphatic imine (C=N–C) groups is 1. The number of fused-ring (bicyclic) bond motifs is 3. The molecule has 1 saturated heterocycles. The first-order valence-corrected chi connectivity index (χ1v) is 13.6. The van der Waals surface area contributed by atoms with Crippen molar-refractivity contribution in [3.8, 4) is 11.4 Å². The summed E-state index contributed by atoms with van der Waals surface area (Å²) in [7, 11) is 3.45. The van der Waals surface area contributed by atoms with E-state index < -0.39 is 11.6 Å². The quantitative estimate of drug-likeness (QED) is 0.351. The van der Waals surface area contributed by atoms with Crippen LogP contribution >= 0.6 is 11.6 Å². The maximum absolute atomic E-state index is 13.2. The summed E-state index contributed by atoms with van der Waals surface area (Å²) >= 11 is 6.18. The molecule has 3 aromatic rings. The van der Waals surface area contributed by atoms with E-state index in [4.69, 9.17) is 26.1 Å². The summed E-state index contributed by atoms with van der Waals surface area (Å²) in [5, 5.41) is 12.4. The van der Waals surface area contributed by atoms with Crippen molar-refractivity contribution in [3.63, 3.8) is 0 Å². The number of quaternary nitrogens is 1. The van der Waals surface area contributed by atoms with Gasteiger partial charge in [-0.3, -0.25) is 14.4 Å². The molecule has 40 heavy (non-hydrogen) atoms. The summed E-state index contributed by atoms with van der Waals surface area (Å²) in [6, 6.07) is 12.6. The second kappa shape index (κ2) is 10.3. The number of methoxy groups -OCH3 is 1.